The fourth-order valence-corrected chi connectivity index (χ4v) is 5.90. The van der Waals surface area contributed by atoms with Crippen LogP contribution in [0.15, 0.2) is 48.7 Å². The Balaban J connectivity index is 2.15. The Morgan fingerprint density at radius 1 is 0.902 bits per heavy atom. The van der Waals surface area contributed by atoms with E-state index in [-0.39, 0.29) is 15.9 Å². The van der Waals surface area contributed by atoms with Gasteiger partial charge in [-0.1, -0.05) is 12.1 Å². The van der Waals surface area contributed by atoms with Gasteiger partial charge in [0.25, 0.3) is 5.91 Å². The van der Waals surface area contributed by atoms with Crippen LogP contribution in [0.3, 0.4) is 0 Å². The van der Waals surface area contributed by atoms with Gasteiger partial charge in [-0.15, -0.1) is 0 Å². The lowest BCUT2D eigenvalue weighted by Gasteiger charge is -2.37. The van der Waals surface area contributed by atoms with Crippen molar-refractivity contribution in [3.63, 3.8) is 0 Å². The average Bonchev–Trinajstić information content (AvgIpc) is 3.64. The third kappa shape index (κ3) is 12.8. The molecule has 0 unspecified atom stereocenters. The normalized spacial score (nSPS) is 14.5. The van der Waals surface area contributed by atoms with Crippen molar-refractivity contribution >= 4 is 46.6 Å². The van der Waals surface area contributed by atoms with E-state index in [1.807, 2.05) is 28.0 Å². The number of nitrogens with one attached hydrogen (secondary N) is 3. The summed E-state index contributed by atoms with van der Waals surface area (Å²) in [4.78, 5) is 51.1. The Hall–Kier alpha value is -4.92. The number of carbonyl (C=O) groups is 4. The molecule has 0 aliphatic rings. The molecule has 14 nitrogen and oxygen atoms in total. The van der Waals surface area contributed by atoms with E-state index in [1.54, 1.807) is 17.4 Å². The SMILES string of the molecule is COC(=O)N[C@H](C(=O)N[C@@H](Cc1ccc(I)cc1)[C@@H](O)CN(Cc1c(F)cc(-c2ccn(C(F)F)n2)cc1F)NC(=O)[C@@H](OC(N)=O)C(C)(C)C(F)(F)F)C(C)(C)C(F)(F)F. The van der Waals surface area contributed by atoms with Crippen LogP contribution in [0.25, 0.3) is 11.3 Å². The molecule has 0 bridgehead atoms. The van der Waals surface area contributed by atoms with E-state index < -0.39 is 115 Å². The minimum atomic E-state index is -5.26. The van der Waals surface area contributed by atoms with E-state index in [1.165, 1.54) is 12.1 Å². The molecule has 0 saturated heterocycles. The molecule has 3 aromatic rings. The van der Waals surface area contributed by atoms with Gasteiger partial charge in [0.05, 0.1) is 30.4 Å². The van der Waals surface area contributed by atoms with Crippen LogP contribution in [0.5, 0.6) is 0 Å². The van der Waals surface area contributed by atoms with Crippen LogP contribution in [0, 0.1) is 26.0 Å². The first-order valence-corrected chi connectivity index (χ1v) is 18.6. The summed E-state index contributed by atoms with van der Waals surface area (Å²) in [7, 11) is 0.811. The number of methoxy groups -OCH3 is 1. The Morgan fingerprint density at radius 2 is 1.46 bits per heavy atom. The molecule has 0 radical (unpaired) electrons. The van der Waals surface area contributed by atoms with Gasteiger partial charge in [0.15, 0.2) is 6.10 Å². The highest BCUT2D eigenvalue weighted by Gasteiger charge is 2.58. The zero-order chi connectivity index (χ0) is 46.4. The van der Waals surface area contributed by atoms with Crippen molar-refractivity contribution in [3.8, 4) is 11.3 Å². The van der Waals surface area contributed by atoms with Gasteiger partial charge in [-0.3, -0.25) is 15.0 Å². The van der Waals surface area contributed by atoms with Crippen molar-refractivity contribution in [3.05, 3.63) is 75.0 Å². The first kappa shape index (κ1) is 50.4. The van der Waals surface area contributed by atoms with Crippen LogP contribution in [0.4, 0.5) is 53.5 Å². The van der Waals surface area contributed by atoms with E-state index >= 15 is 8.78 Å². The Labute approximate surface area is 354 Å². The molecule has 338 valence electrons. The second kappa shape index (κ2) is 19.9. The van der Waals surface area contributed by atoms with E-state index in [0.717, 1.165) is 19.4 Å². The minimum absolute atomic E-state index is 0.188. The third-order valence-electron chi connectivity index (χ3n) is 9.45. The first-order valence-electron chi connectivity index (χ1n) is 17.5. The quantitative estimate of drug-likeness (QED) is 0.0604. The lowest BCUT2D eigenvalue weighted by molar-refractivity contribution is -0.239. The van der Waals surface area contributed by atoms with E-state index in [4.69, 9.17) is 5.73 Å². The van der Waals surface area contributed by atoms with Crippen LogP contribution < -0.4 is 21.8 Å². The summed E-state index contributed by atoms with van der Waals surface area (Å²) >= 11 is 1.95. The molecule has 0 fully saturated rings. The molecule has 25 heteroatoms. The second-order valence-corrected chi connectivity index (χ2v) is 15.8. The predicted molar refractivity (Wildman–Crippen MR) is 202 cm³/mol. The van der Waals surface area contributed by atoms with Crippen LogP contribution in [0.2, 0.25) is 0 Å². The summed E-state index contributed by atoms with van der Waals surface area (Å²) in [5, 5.41) is 19.7. The van der Waals surface area contributed by atoms with Gasteiger partial charge < -0.3 is 30.9 Å². The van der Waals surface area contributed by atoms with Gasteiger partial charge in [-0.25, -0.2) is 28.1 Å². The van der Waals surface area contributed by atoms with Gasteiger partial charge in [0.1, 0.15) is 23.1 Å². The number of alkyl halides is 8. The van der Waals surface area contributed by atoms with Crippen molar-refractivity contribution in [1.82, 2.24) is 30.8 Å². The zero-order valence-electron chi connectivity index (χ0n) is 32.6. The summed E-state index contributed by atoms with van der Waals surface area (Å²) in [6.45, 7) is -3.28. The number of aromatic nitrogens is 2. The van der Waals surface area contributed by atoms with Gasteiger partial charge in [0, 0.05) is 34.0 Å². The maximum atomic E-state index is 15.7. The first-order chi connectivity index (χ1) is 28.0. The maximum absolute atomic E-state index is 15.7. The van der Waals surface area contributed by atoms with Crippen molar-refractivity contribution in [2.45, 2.75) is 83.9 Å². The topological polar surface area (TPSA) is 190 Å². The molecular weight excluding hydrogens is 959 g/mol. The zero-order valence-corrected chi connectivity index (χ0v) is 34.8. The maximum Gasteiger partial charge on any atom is 0.407 e. The molecule has 2 aromatic carbocycles. The highest BCUT2D eigenvalue weighted by atomic mass is 127. The number of hydrogen-bond donors (Lipinski definition) is 5. The summed E-state index contributed by atoms with van der Waals surface area (Å²) < 4.78 is 153. The number of hydrazine groups is 1. The Bertz CT molecular complexity index is 2010. The lowest BCUT2D eigenvalue weighted by Crippen LogP contribution is -2.62. The fraction of sp³-hybridized carbons (Fsp3) is 0.472. The standard InChI is InChI=1S/C36H40F10IN7O7/c1-33(2,35(41,42)43)26(50-32(59)60-5)28(56)49-24(12-17-6-8-19(47)9-7-17)25(55)16-53(52-29(57)27(61-31(48)58)34(3,4)36(44,45)46)15-20-21(37)13-18(14-22(20)38)23-10-11-54(51-23)30(39)40/h6-11,13-14,24-27,30,55H,12,15-16H2,1-5H3,(H2,48,58)(H,49,56)(H,50,59)(H,52,57)/t24-,25-,26+,27+/m0/s1. The van der Waals surface area contributed by atoms with Crippen LogP contribution in [-0.2, 0) is 32.0 Å². The van der Waals surface area contributed by atoms with E-state index in [2.05, 4.69) is 19.9 Å². The Morgan fingerprint density at radius 3 is 1.93 bits per heavy atom. The molecule has 0 aliphatic heterocycles. The number of ether oxygens (including phenoxy) is 2. The number of nitrogens with zero attached hydrogens (tertiary/aromatic N) is 3. The molecule has 1 aromatic heterocycles. The molecule has 4 amide bonds. The molecule has 1 heterocycles. The number of halogens is 11. The third-order valence-corrected chi connectivity index (χ3v) is 10.2. The van der Waals surface area contributed by atoms with Gasteiger partial charge in [-0.2, -0.15) is 40.2 Å². The summed E-state index contributed by atoms with van der Waals surface area (Å²) in [6, 6.07) is 4.33. The summed E-state index contributed by atoms with van der Waals surface area (Å²) in [5.41, 5.74) is -0.596. The van der Waals surface area contributed by atoms with E-state index in [0.29, 0.717) is 54.0 Å². The largest absolute Gasteiger partial charge is 0.453 e. The number of benzene rings is 2. The molecule has 0 aliphatic carbocycles. The number of carbonyl (C=O) groups excluding carboxylic acids is 4. The number of nitrogens with two attached hydrogens (primary N) is 1. The lowest BCUT2D eigenvalue weighted by atomic mass is 9.82. The summed E-state index contributed by atoms with van der Waals surface area (Å²) in [5.74, 6) is -6.17. The number of alkyl carbamates (subject to hydrolysis) is 1. The molecule has 0 saturated carbocycles. The van der Waals surface area contributed by atoms with Crippen LogP contribution in [0.1, 0.15) is 45.4 Å². The van der Waals surface area contributed by atoms with Crippen molar-refractivity contribution in [2.75, 3.05) is 13.7 Å². The number of aliphatic hydroxyl groups excluding tert-OH is 1. The molecule has 61 heavy (non-hydrogen) atoms. The highest BCUT2D eigenvalue weighted by molar-refractivity contribution is 14.1. The summed E-state index contributed by atoms with van der Waals surface area (Å²) in [6.07, 6.45) is -18.2. The van der Waals surface area contributed by atoms with E-state index in [9.17, 15) is 59.4 Å². The molecule has 0 spiro atoms. The van der Waals surface area contributed by atoms with Gasteiger partial charge >= 0.3 is 31.1 Å². The van der Waals surface area contributed by atoms with Crippen molar-refractivity contribution in [1.29, 1.82) is 0 Å². The number of rotatable bonds is 17. The molecule has 4 atom stereocenters. The predicted octanol–water partition coefficient (Wildman–Crippen LogP) is 6.12. The fourth-order valence-electron chi connectivity index (χ4n) is 5.54. The highest BCUT2D eigenvalue weighted by Crippen LogP contribution is 2.42. The molecule has 6 N–H and O–H groups in total. The monoisotopic (exact) mass is 999 g/mol. The number of amides is 4. The van der Waals surface area contributed by atoms with Crippen molar-refractivity contribution in [2.24, 2.45) is 16.6 Å². The minimum Gasteiger partial charge on any atom is -0.453 e. The number of aliphatic hydroxyl groups is 1. The number of primary amides is 1. The smallest absolute Gasteiger partial charge is 0.407 e. The number of hydrogen-bond acceptors (Lipinski definition) is 9. The average molecular weight is 1000 g/mol. The molecular formula is C36H40F10IN7O7. The van der Waals surface area contributed by atoms with Crippen LogP contribution in [-0.4, -0.2) is 94.2 Å². The molecule has 3 rings (SSSR count). The van der Waals surface area contributed by atoms with Crippen molar-refractivity contribution < 1.29 is 77.7 Å². The van der Waals surface area contributed by atoms with Gasteiger partial charge in [0.2, 0.25) is 5.91 Å². The van der Waals surface area contributed by atoms with Gasteiger partial charge in [-0.05, 0) is 92.6 Å². The second-order valence-electron chi connectivity index (χ2n) is 14.6. The van der Waals surface area contributed by atoms with Crippen LogP contribution >= 0.6 is 22.6 Å². The Kier molecular flexibility index (Phi) is 16.4.